The van der Waals surface area contributed by atoms with E-state index in [2.05, 4.69) is 10.1 Å². The molecule has 5 nitrogen and oxygen atoms in total. The molecular weight excluding hydrogens is 286 g/mol. The normalized spacial score (nSPS) is 11.0. The third-order valence-electron chi connectivity index (χ3n) is 2.72. The maximum absolute atomic E-state index is 12.2. The highest BCUT2D eigenvalue weighted by Gasteiger charge is 2.08. The van der Waals surface area contributed by atoms with Crippen molar-refractivity contribution in [3.05, 3.63) is 60.5 Å². The van der Waals surface area contributed by atoms with Crippen molar-refractivity contribution in [3.63, 3.8) is 0 Å². The Labute approximate surface area is 116 Å². The van der Waals surface area contributed by atoms with Crippen molar-refractivity contribution in [2.45, 2.75) is 6.54 Å². The lowest BCUT2D eigenvalue weighted by Crippen LogP contribution is -2.29. The summed E-state index contributed by atoms with van der Waals surface area (Å²) in [6.45, 7) is 0.253. The second-order valence-corrected chi connectivity index (χ2v) is 5.65. The molecular formula is C12H8ClN3O2S. The van der Waals surface area contributed by atoms with Crippen LogP contribution in [-0.2, 0) is 6.54 Å². The summed E-state index contributed by atoms with van der Waals surface area (Å²) in [7, 11) is 0. The van der Waals surface area contributed by atoms with Gasteiger partial charge in [-0.25, -0.2) is 9.67 Å². The second-order valence-electron chi connectivity index (χ2n) is 3.96. The van der Waals surface area contributed by atoms with Gasteiger partial charge in [-0.3, -0.25) is 14.7 Å². The smallest absolute Gasteiger partial charge is 0.267 e. The van der Waals surface area contributed by atoms with Crippen LogP contribution >= 0.6 is 22.9 Å². The molecule has 0 unspecified atom stereocenters. The van der Waals surface area contributed by atoms with E-state index >= 15 is 0 Å². The Balaban J connectivity index is 2.17. The molecule has 0 spiro atoms. The van der Waals surface area contributed by atoms with E-state index in [-0.39, 0.29) is 17.7 Å². The molecule has 0 bridgehead atoms. The van der Waals surface area contributed by atoms with E-state index in [1.165, 1.54) is 16.0 Å². The monoisotopic (exact) mass is 293 g/mol. The van der Waals surface area contributed by atoms with Gasteiger partial charge in [-0.1, -0.05) is 23.7 Å². The SMILES string of the molecule is O=c1[nH]n(Cc2cnc(Cl)s2)c(=O)c2ccccc12. The Bertz CT molecular complexity index is 865. The molecule has 0 saturated carbocycles. The number of nitrogens with zero attached hydrogens (tertiary/aromatic N) is 2. The first kappa shape index (κ1) is 12.1. The van der Waals surface area contributed by atoms with E-state index < -0.39 is 0 Å². The molecule has 1 N–H and O–H groups in total. The van der Waals surface area contributed by atoms with E-state index in [0.717, 1.165) is 4.88 Å². The maximum atomic E-state index is 12.2. The third kappa shape index (κ3) is 2.20. The third-order valence-corrected chi connectivity index (χ3v) is 3.82. The first-order valence-corrected chi connectivity index (χ1v) is 6.66. The Morgan fingerprint density at radius 3 is 2.68 bits per heavy atom. The van der Waals surface area contributed by atoms with Crippen molar-refractivity contribution in [3.8, 4) is 0 Å². The van der Waals surface area contributed by atoms with Gasteiger partial charge < -0.3 is 0 Å². The summed E-state index contributed by atoms with van der Waals surface area (Å²) in [6, 6.07) is 6.73. The molecule has 3 aromatic rings. The van der Waals surface area contributed by atoms with Crippen LogP contribution in [0.2, 0.25) is 4.47 Å². The Morgan fingerprint density at radius 2 is 2.00 bits per heavy atom. The molecule has 2 heterocycles. The van der Waals surface area contributed by atoms with Crippen LogP contribution in [0.5, 0.6) is 0 Å². The maximum Gasteiger partial charge on any atom is 0.273 e. The van der Waals surface area contributed by atoms with Crippen LogP contribution < -0.4 is 11.1 Å². The van der Waals surface area contributed by atoms with Gasteiger partial charge in [0.2, 0.25) is 0 Å². The number of H-pyrrole nitrogens is 1. The summed E-state index contributed by atoms with van der Waals surface area (Å²) >= 11 is 7.02. The molecule has 96 valence electrons. The van der Waals surface area contributed by atoms with Crippen molar-refractivity contribution in [1.82, 2.24) is 14.8 Å². The summed E-state index contributed by atoms with van der Waals surface area (Å²) in [6.07, 6.45) is 1.59. The Kier molecular flexibility index (Phi) is 2.96. The lowest BCUT2D eigenvalue weighted by atomic mass is 10.2. The molecule has 3 rings (SSSR count). The van der Waals surface area contributed by atoms with E-state index in [9.17, 15) is 9.59 Å². The molecule has 0 aliphatic carbocycles. The predicted octanol–water partition coefficient (Wildman–Crippen LogP) is 1.85. The average molecular weight is 294 g/mol. The van der Waals surface area contributed by atoms with Gasteiger partial charge in [0.05, 0.1) is 17.3 Å². The number of benzene rings is 1. The molecule has 2 aromatic heterocycles. The standard InChI is InChI=1S/C12H8ClN3O2S/c13-12-14-5-7(19-12)6-16-11(18)9-4-2-1-3-8(9)10(17)15-16/h1-5H,6H2,(H,15,17). The quantitative estimate of drug-likeness (QED) is 0.784. The van der Waals surface area contributed by atoms with Crippen molar-refractivity contribution in [2.75, 3.05) is 0 Å². The van der Waals surface area contributed by atoms with Crippen LogP contribution in [0.15, 0.2) is 40.1 Å². The predicted molar refractivity (Wildman–Crippen MR) is 75.1 cm³/mol. The van der Waals surface area contributed by atoms with Gasteiger partial charge in [0.25, 0.3) is 11.1 Å². The van der Waals surface area contributed by atoms with Gasteiger partial charge in [-0.05, 0) is 12.1 Å². The zero-order chi connectivity index (χ0) is 13.4. The molecule has 0 fully saturated rings. The summed E-state index contributed by atoms with van der Waals surface area (Å²) in [4.78, 5) is 28.8. The Morgan fingerprint density at radius 1 is 1.26 bits per heavy atom. The molecule has 0 radical (unpaired) electrons. The molecule has 0 atom stereocenters. The Hall–Kier alpha value is -1.92. The molecule has 0 aliphatic heterocycles. The largest absolute Gasteiger partial charge is 0.273 e. The van der Waals surface area contributed by atoms with Crippen LogP contribution in [0.3, 0.4) is 0 Å². The number of hydrogen-bond donors (Lipinski definition) is 1. The number of aromatic amines is 1. The van der Waals surface area contributed by atoms with Crippen LogP contribution in [0.25, 0.3) is 10.8 Å². The number of fused-ring (bicyclic) bond motifs is 1. The fourth-order valence-corrected chi connectivity index (χ4v) is 2.84. The molecule has 1 aromatic carbocycles. The van der Waals surface area contributed by atoms with Crippen LogP contribution in [0.4, 0.5) is 0 Å². The van der Waals surface area contributed by atoms with Crippen LogP contribution in [0.1, 0.15) is 4.88 Å². The minimum atomic E-state index is -0.286. The van der Waals surface area contributed by atoms with E-state index in [4.69, 9.17) is 11.6 Å². The second kappa shape index (κ2) is 4.64. The summed E-state index contributed by atoms with van der Waals surface area (Å²) < 4.78 is 1.68. The lowest BCUT2D eigenvalue weighted by molar-refractivity contribution is 0.642. The van der Waals surface area contributed by atoms with E-state index in [1.54, 1.807) is 30.5 Å². The van der Waals surface area contributed by atoms with E-state index in [1.807, 2.05) is 0 Å². The van der Waals surface area contributed by atoms with Gasteiger partial charge in [0.1, 0.15) is 0 Å². The number of nitrogens with one attached hydrogen (secondary N) is 1. The fourth-order valence-electron chi connectivity index (χ4n) is 1.87. The minimum absolute atomic E-state index is 0.236. The van der Waals surface area contributed by atoms with Crippen molar-refractivity contribution in [2.24, 2.45) is 0 Å². The number of hydrogen-bond acceptors (Lipinski definition) is 4. The van der Waals surface area contributed by atoms with Crippen LogP contribution in [-0.4, -0.2) is 14.8 Å². The average Bonchev–Trinajstić information content (AvgIpc) is 2.81. The lowest BCUT2D eigenvalue weighted by Gasteiger charge is -2.04. The zero-order valence-corrected chi connectivity index (χ0v) is 11.2. The number of halogens is 1. The topological polar surface area (TPSA) is 67.8 Å². The van der Waals surface area contributed by atoms with Gasteiger partial charge in [0.15, 0.2) is 4.47 Å². The van der Waals surface area contributed by atoms with Gasteiger partial charge in [-0.2, -0.15) is 0 Å². The van der Waals surface area contributed by atoms with E-state index in [0.29, 0.717) is 15.2 Å². The van der Waals surface area contributed by atoms with Gasteiger partial charge >= 0.3 is 0 Å². The van der Waals surface area contributed by atoms with Gasteiger partial charge in [-0.15, -0.1) is 11.3 Å². The van der Waals surface area contributed by atoms with Crippen LogP contribution in [0, 0.1) is 0 Å². The minimum Gasteiger partial charge on any atom is -0.267 e. The summed E-state index contributed by atoms with van der Waals surface area (Å²) in [5, 5.41) is 3.36. The summed E-state index contributed by atoms with van der Waals surface area (Å²) in [5.41, 5.74) is -0.523. The van der Waals surface area contributed by atoms with Crippen molar-refractivity contribution in [1.29, 1.82) is 0 Å². The number of rotatable bonds is 2. The summed E-state index contributed by atoms with van der Waals surface area (Å²) in [5.74, 6) is 0. The molecule has 19 heavy (non-hydrogen) atoms. The number of thiazole rings is 1. The number of aromatic nitrogens is 3. The molecule has 0 amide bonds. The molecule has 0 saturated heterocycles. The highest BCUT2D eigenvalue weighted by atomic mass is 35.5. The first-order chi connectivity index (χ1) is 9.15. The first-order valence-electron chi connectivity index (χ1n) is 5.47. The highest BCUT2D eigenvalue weighted by Crippen LogP contribution is 2.17. The van der Waals surface area contributed by atoms with Gasteiger partial charge in [0, 0.05) is 11.1 Å². The fraction of sp³-hybridized carbons (Fsp3) is 0.0833. The molecule has 7 heteroatoms. The molecule has 0 aliphatic rings. The zero-order valence-electron chi connectivity index (χ0n) is 9.59. The van der Waals surface area contributed by atoms with Crippen molar-refractivity contribution >= 4 is 33.7 Å². The highest BCUT2D eigenvalue weighted by molar-refractivity contribution is 7.15. The van der Waals surface area contributed by atoms with Crippen molar-refractivity contribution < 1.29 is 0 Å².